The molecule has 148 valence electrons. The lowest BCUT2D eigenvalue weighted by Gasteiger charge is -2.20. The summed E-state index contributed by atoms with van der Waals surface area (Å²) in [6, 6.07) is 13.7. The summed E-state index contributed by atoms with van der Waals surface area (Å²) < 4.78 is 0. The zero-order chi connectivity index (χ0) is 19.8. The zero-order valence-corrected chi connectivity index (χ0v) is 15.9. The van der Waals surface area contributed by atoms with Crippen LogP contribution in [0, 0.1) is 10.1 Å². The highest BCUT2D eigenvalue weighted by Crippen LogP contribution is 2.17. The van der Waals surface area contributed by atoms with E-state index in [1.165, 1.54) is 43.4 Å². The van der Waals surface area contributed by atoms with Gasteiger partial charge in [-0.1, -0.05) is 43.2 Å². The van der Waals surface area contributed by atoms with Crippen molar-refractivity contribution >= 4 is 17.4 Å². The third-order valence-electron chi connectivity index (χ3n) is 4.86. The topological polar surface area (TPSA) is 87.5 Å². The number of nitrogens with zero attached hydrogens (tertiary/aromatic N) is 2. The van der Waals surface area contributed by atoms with Crippen LogP contribution in [0.3, 0.4) is 0 Å². The molecule has 1 heterocycles. The average Bonchev–Trinajstić information content (AvgIpc) is 2.95. The fourth-order valence-corrected chi connectivity index (χ4v) is 3.45. The number of carbonyl (C=O) groups is 1. The van der Waals surface area contributed by atoms with Gasteiger partial charge in [-0.25, -0.2) is 4.79 Å². The number of amides is 2. The van der Waals surface area contributed by atoms with E-state index in [9.17, 15) is 14.9 Å². The van der Waals surface area contributed by atoms with Crippen LogP contribution in [0.4, 0.5) is 16.2 Å². The van der Waals surface area contributed by atoms with Crippen molar-refractivity contribution in [2.45, 2.75) is 38.8 Å². The summed E-state index contributed by atoms with van der Waals surface area (Å²) in [5, 5.41) is 16.3. The smallest absolute Gasteiger partial charge is 0.319 e. The van der Waals surface area contributed by atoms with Crippen LogP contribution in [0.5, 0.6) is 0 Å². The van der Waals surface area contributed by atoms with Gasteiger partial charge >= 0.3 is 6.03 Å². The normalized spacial score (nSPS) is 14.9. The third kappa shape index (κ3) is 6.06. The van der Waals surface area contributed by atoms with Crippen LogP contribution in [-0.2, 0) is 13.1 Å². The van der Waals surface area contributed by atoms with E-state index in [-0.39, 0.29) is 5.69 Å². The van der Waals surface area contributed by atoms with Gasteiger partial charge in [-0.2, -0.15) is 0 Å². The Balaban J connectivity index is 1.52. The third-order valence-corrected chi connectivity index (χ3v) is 4.86. The van der Waals surface area contributed by atoms with Crippen LogP contribution in [-0.4, -0.2) is 28.9 Å². The van der Waals surface area contributed by atoms with Gasteiger partial charge in [0.2, 0.25) is 0 Å². The largest absolute Gasteiger partial charge is 0.334 e. The SMILES string of the molecule is O=C(NCc1cccc(CN2CCCCCC2)c1)Nc1cccc([N+](=O)[O-])c1. The average molecular weight is 382 g/mol. The maximum Gasteiger partial charge on any atom is 0.319 e. The highest BCUT2D eigenvalue weighted by molar-refractivity contribution is 5.89. The van der Waals surface area contributed by atoms with Crippen molar-refractivity contribution in [3.63, 3.8) is 0 Å². The van der Waals surface area contributed by atoms with Gasteiger partial charge in [0, 0.05) is 30.9 Å². The molecule has 1 saturated heterocycles. The maximum atomic E-state index is 12.1. The number of benzene rings is 2. The van der Waals surface area contributed by atoms with Crippen molar-refractivity contribution < 1.29 is 9.72 Å². The van der Waals surface area contributed by atoms with Crippen molar-refractivity contribution in [1.29, 1.82) is 0 Å². The molecule has 0 aliphatic carbocycles. The predicted molar refractivity (Wildman–Crippen MR) is 109 cm³/mol. The fraction of sp³-hybridized carbons (Fsp3) is 0.381. The summed E-state index contributed by atoms with van der Waals surface area (Å²) in [5.41, 5.74) is 2.61. The Bertz CT molecular complexity index is 817. The number of rotatable bonds is 6. The van der Waals surface area contributed by atoms with E-state index in [2.05, 4.69) is 27.7 Å². The number of hydrogen-bond acceptors (Lipinski definition) is 4. The minimum atomic E-state index is -0.487. The van der Waals surface area contributed by atoms with Crippen molar-refractivity contribution in [2.24, 2.45) is 0 Å². The van der Waals surface area contributed by atoms with Gasteiger partial charge in [0.15, 0.2) is 0 Å². The van der Waals surface area contributed by atoms with E-state index in [0.29, 0.717) is 12.2 Å². The Hall–Kier alpha value is -2.93. The Kier molecular flexibility index (Phi) is 6.97. The first-order valence-electron chi connectivity index (χ1n) is 9.69. The second-order valence-corrected chi connectivity index (χ2v) is 7.13. The molecule has 0 atom stereocenters. The molecule has 3 rings (SSSR count). The summed E-state index contributed by atoms with van der Waals surface area (Å²) in [6.45, 7) is 3.63. The van der Waals surface area contributed by atoms with Gasteiger partial charge in [0.1, 0.15) is 0 Å². The predicted octanol–water partition coefficient (Wildman–Crippen LogP) is 4.29. The lowest BCUT2D eigenvalue weighted by molar-refractivity contribution is -0.384. The van der Waals surface area contributed by atoms with Crippen LogP contribution >= 0.6 is 0 Å². The van der Waals surface area contributed by atoms with E-state index >= 15 is 0 Å². The van der Waals surface area contributed by atoms with Gasteiger partial charge in [0.05, 0.1) is 4.92 Å². The van der Waals surface area contributed by atoms with E-state index in [0.717, 1.165) is 25.2 Å². The standard InChI is InChI=1S/C21H26N4O3/c26-21(23-19-9-6-10-20(14-19)25(27)28)22-15-17-7-5-8-18(13-17)16-24-11-3-1-2-4-12-24/h5-10,13-14H,1-4,11-12,15-16H2,(H2,22,23,26). The van der Waals surface area contributed by atoms with Gasteiger partial charge in [-0.3, -0.25) is 15.0 Å². The molecule has 0 saturated carbocycles. The summed E-state index contributed by atoms with van der Waals surface area (Å²) in [7, 11) is 0. The molecule has 2 N–H and O–H groups in total. The first-order chi connectivity index (χ1) is 13.6. The number of nitro groups is 1. The Labute approximate surface area is 164 Å². The van der Waals surface area contributed by atoms with Gasteiger partial charge < -0.3 is 10.6 Å². The molecule has 0 radical (unpaired) electrons. The van der Waals surface area contributed by atoms with Crippen molar-refractivity contribution in [3.05, 3.63) is 69.8 Å². The molecule has 2 amide bonds. The second kappa shape index (κ2) is 9.85. The van der Waals surface area contributed by atoms with E-state index in [1.807, 2.05) is 12.1 Å². The molecule has 0 unspecified atom stereocenters. The number of nitrogens with one attached hydrogen (secondary N) is 2. The molecule has 0 bridgehead atoms. The van der Waals surface area contributed by atoms with Gasteiger partial charge in [-0.15, -0.1) is 0 Å². The number of urea groups is 1. The summed E-state index contributed by atoms with van der Waals surface area (Å²) in [5.74, 6) is 0. The number of anilines is 1. The Morgan fingerprint density at radius 2 is 1.71 bits per heavy atom. The Morgan fingerprint density at radius 1 is 1.00 bits per heavy atom. The van der Waals surface area contributed by atoms with Crippen LogP contribution in [0.1, 0.15) is 36.8 Å². The summed E-state index contributed by atoms with van der Waals surface area (Å²) >= 11 is 0. The zero-order valence-electron chi connectivity index (χ0n) is 15.9. The minimum Gasteiger partial charge on any atom is -0.334 e. The molecule has 1 aliphatic rings. The second-order valence-electron chi connectivity index (χ2n) is 7.13. The lowest BCUT2D eigenvalue weighted by atomic mass is 10.1. The number of hydrogen-bond donors (Lipinski definition) is 2. The summed E-state index contributed by atoms with van der Waals surface area (Å²) in [6.07, 6.45) is 5.17. The van der Waals surface area contributed by atoms with Crippen LogP contribution in [0.25, 0.3) is 0 Å². The highest BCUT2D eigenvalue weighted by Gasteiger charge is 2.10. The maximum absolute atomic E-state index is 12.1. The number of non-ortho nitro benzene ring substituents is 1. The molecule has 7 nitrogen and oxygen atoms in total. The number of likely N-dealkylation sites (tertiary alicyclic amines) is 1. The van der Waals surface area contributed by atoms with Crippen LogP contribution in [0.15, 0.2) is 48.5 Å². The highest BCUT2D eigenvalue weighted by atomic mass is 16.6. The molecule has 28 heavy (non-hydrogen) atoms. The first kappa shape index (κ1) is 19.8. The molecule has 2 aromatic rings. The Morgan fingerprint density at radius 3 is 2.46 bits per heavy atom. The molecule has 0 spiro atoms. The number of carbonyl (C=O) groups excluding carboxylic acids is 1. The molecular weight excluding hydrogens is 356 g/mol. The van der Waals surface area contributed by atoms with Gasteiger partial charge in [0.25, 0.3) is 5.69 Å². The summed E-state index contributed by atoms with van der Waals surface area (Å²) in [4.78, 5) is 24.9. The quantitative estimate of drug-likeness (QED) is 0.576. The van der Waals surface area contributed by atoms with E-state index in [1.54, 1.807) is 12.1 Å². The van der Waals surface area contributed by atoms with Crippen molar-refractivity contribution in [1.82, 2.24) is 10.2 Å². The molecule has 7 heteroatoms. The first-order valence-corrected chi connectivity index (χ1v) is 9.69. The molecule has 0 aromatic heterocycles. The van der Waals surface area contributed by atoms with E-state index in [4.69, 9.17) is 0 Å². The van der Waals surface area contributed by atoms with Crippen molar-refractivity contribution in [2.75, 3.05) is 18.4 Å². The van der Waals surface area contributed by atoms with Crippen LogP contribution in [0.2, 0.25) is 0 Å². The number of nitro benzene ring substituents is 1. The molecule has 1 fully saturated rings. The monoisotopic (exact) mass is 382 g/mol. The van der Waals surface area contributed by atoms with Crippen molar-refractivity contribution in [3.8, 4) is 0 Å². The molecular formula is C21H26N4O3. The molecule has 2 aromatic carbocycles. The van der Waals surface area contributed by atoms with Gasteiger partial charge in [-0.05, 0) is 43.1 Å². The van der Waals surface area contributed by atoms with Crippen LogP contribution < -0.4 is 10.6 Å². The van der Waals surface area contributed by atoms with E-state index < -0.39 is 11.0 Å². The minimum absolute atomic E-state index is 0.0565. The molecule has 1 aliphatic heterocycles. The lowest BCUT2D eigenvalue weighted by Crippen LogP contribution is -2.28. The fourth-order valence-electron chi connectivity index (χ4n) is 3.45.